The molecule has 1 saturated carbocycles. The van der Waals surface area contributed by atoms with Crippen molar-refractivity contribution >= 4 is 22.8 Å². The zero-order chi connectivity index (χ0) is 25.8. The van der Waals surface area contributed by atoms with E-state index in [1.165, 1.54) is 4.57 Å². The molecule has 3 aromatic rings. The van der Waals surface area contributed by atoms with Crippen molar-refractivity contribution in [3.05, 3.63) is 36.2 Å². The van der Waals surface area contributed by atoms with Crippen molar-refractivity contribution in [1.82, 2.24) is 24.4 Å². The van der Waals surface area contributed by atoms with Gasteiger partial charge in [0.25, 0.3) is 6.43 Å². The summed E-state index contributed by atoms with van der Waals surface area (Å²) in [7, 11) is 2.07. The Hall–Kier alpha value is -2.89. The van der Waals surface area contributed by atoms with Crippen LogP contribution < -0.4 is 10.2 Å². The SMILES string of the molecule is CN(CCO)[C@H]1CC[C@H](CNc2nc(N3CCOCC3)cc(-n3c(C(F)F)nc4ccccc43)n2)CC1. The van der Waals surface area contributed by atoms with Crippen LogP contribution in [0.15, 0.2) is 30.3 Å². The Morgan fingerprint density at radius 1 is 1.08 bits per heavy atom. The summed E-state index contributed by atoms with van der Waals surface area (Å²) in [6, 6.07) is 9.38. The first-order valence-corrected chi connectivity index (χ1v) is 13.1. The number of hydrogen-bond donors (Lipinski definition) is 2. The van der Waals surface area contributed by atoms with Crippen LogP contribution in [0.25, 0.3) is 16.9 Å². The molecule has 1 aliphatic carbocycles. The van der Waals surface area contributed by atoms with Gasteiger partial charge in [-0.05, 0) is 50.8 Å². The zero-order valence-corrected chi connectivity index (χ0v) is 21.2. The second-order valence-electron chi connectivity index (χ2n) is 9.86. The molecule has 3 heterocycles. The predicted octanol–water partition coefficient (Wildman–Crippen LogP) is 3.48. The minimum atomic E-state index is -2.75. The topological polar surface area (TPSA) is 91.6 Å². The lowest BCUT2D eigenvalue weighted by Crippen LogP contribution is -2.38. The predicted molar refractivity (Wildman–Crippen MR) is 139 cm³/mol. The van der Waals surface area contributed by atoms with E-state index in [9.17, 15) is 13.9 Å². The van der Waals surface area contributed by atoms with Gasteiger partial charge in [0.05, 0.1) is 30.9 Å². The molecule has 2 fully saturated rings. The highest BCUT2D eigenvalue weighted by Crippen LogP contribution is 2.30. The van der Waals surface area contributed by atoms with Gasteiger partial charge in [-0.2, -0.15) is 9.97 Å². The van der Waals surface area contributed by atoms with E-state index in [1.54, 1.807) is 24.3 Å². The number of nitrogens with zero attached hydrogens (tertiary/aromatic N) is 6. The first-order chi connectivity index (χ1) is 18.0. The van der Waals surface area contributed by atoms with Crippen molar-refractivity contribution in [3.63, 3.8) is 0 Å². The molecular formula is C26H35F2N7O2. The summed E-state index contributed by atoms with van der Waals surface area (Å²) in [5, 5.41) is 12.6. The number of aromatic nitrogens is 4. The largest absolute Gasteiger partial charge is 0.395 e. The number of hydrogen-bond acceptors (Lipinski definition) is 8. The van der Waals surface area contributed by atoms with Gasteiger partial charge in [-0.1, -0.05) is 12.1 Å². The van der Waals surface area contributed by atoms with Crippen LogP contribution in [0, 0.1) is 5.92 Å². The minimum Gasteiger partial charge on any atom is -0.395 e. The lowest BCUT2D eigenvalue weighted by Gasteiger charge is -2.34. The first kappa shape index (κ1) is 25.7. The molecule has 9 nitrogen and oxygen atoms in total. The number of para-hydroxylation sites is 2. The number of benzene rings is 1. The van der Waals surface area contributed by atoms with Crippen LogP contribution in [0.1, 0.15) is 37.9 Å². The molecule has 0 bridgehead atoms. The molecule has 0 radical (unpaired) electrons. The van der Waals surface area contributed by atoms with E-state index in [2.05, 4.69) is 32.1 Å². The number of anilines is 2. The van der Waals surface area contributed by atoms with Crippen molar-refractivity contribution in [2.45, 2.75) is 38.2 Å². The number of aliphatic hydroxyl groups is 1. The van der Waals surface area contributed by atoms with Gasteiger partial charge < -0.3 is 25.0 Å². The average molecular weight is 516 g/mol. The summed E-state index contributed by atoms with van der Waals surface area (Å²) < 4.78 is 35.0. The van der Waals surface area contributed by atoms with Crippen LogP contribution >= 0.6 is 0 Å². The number of fused-ring (bicyclic) bond motifs is 1. The monoisotopic (exact) mass is 515 g/mol. The van der Waals surface area contributed by atoms with Crippen molar-refractivity contribution in [3.8, 4) is 5.82 Å². The van der Waals surface area contributed by atoms with Gasteiger partial charge in [-0.25, -0.2) is 13.8 Å². The Morgan fingerprint density at radius 3 is 2.54 bits per heavy atom. The van der Waals surface area contributed by atoms with Crippen LogP contribution in [0.3, 0.4) is 0 Å². The van der Waals surface area contributed by atoms with Gasteiger partial charge in [0.15, 0.2) is 5.82 Å². The molecule has 37 heavy (non-hydrogen) atoms. The summed E-state index contributed by atoms with van der Waals surface area (Å²) in [5.41, 5.74) is 1.09. The highest BCUT2D eigenvalue weighted by atomic mass is 19.3. The Morgan fingerprint density at radius 2 is 1.81 bits per heavy atom. The van der Waals surface area contributed by atoms with Crippen LogP contribution in [-0.4, -0.2) is 88.6 Å². The first-order valence-electron chi connectivity index (χ1n) is 13.1. The van der Waals surface area contributed by atoms with Gasteiger partial charge >= 0.3 is 0 Å². The second-order valence-corrected chi connectivity index (χ2v) is 9.86. The standard InChI is InChI=1S/C26H35F2N7O2/c1-33(10-13-36)19-8-6-18(7-9-19)17-29-26-31-22(34-11-14-37-15-12-34)16-23(32-26)35-21-5-3-2-4-20(21)30-25(35)24(27)28/h2-5,16,18-19,24,36H,6-15,17H2,1H3,(H,29,31,32)/t18-,19-. The maximum Gasteiger partial charge on any atom is 0.296 e. The molecule has 5 rings (SSSR count). The quantitative estimate of drug-likeness (QED) is 0.448. The Bertz CT molecular complexity index is 1180. The second kappa shape index (κ2) is 11.7. The summed E-state index contributed by atoms with van der Waals surface area (Å²) in [6.07, 6.45) is 1.57. The van der Waals surface area contributed by atoms with Crippen molar-refractivity contribution in [2.75, 3.05) is 63.3 Å². The maximum absolute atomic E-state index is 14.0. The van der Waals surface area contributed by atoms with E-state index in [0.717, 1.165) is 32.2 Å². The van der Waals surface area contributed by atoms with Crippen LogP contribution in [-0.2, 0) is 4.74 Å². The van der Waals surface area contributed by atoms with Crippen LogP contribution in [0.4, 0.5) is 20.5 Å². The number of imidazole rings is 1. The fraction of sp³-hybridized carbons (Fsp3) is 0.577. The molecule has 0 spiro atoms. The molecule has 2 aliphatic rings. The maximum atomic E-state index is 14.0. The van der Waals surface area contributed by atoms with Gasteiger partial charge in [0.2, 0.25) is 5.95 Å². The molecule has 0 unspecified atom stereocenters. The Balaban J connectivity index is 1.40. The Kier molecular flexibility index (Phi) is 8.11. The highest BCUT2D eigenvalue weighted by Gasteiger charge is 2.25. The van der Waals surface area contributed by atoms with Crippen molar-refractivity contribution in [1.29, 1.82) is 0 Å². The smallest absolute Gasteiger partial charge is 0.296 e. The molecule has 0 amide bonds. The van der Waals surface area contributed by atoms with E-state index < -0.39 is 6.43 Å². The number of halogens is 2. The molecule has 2 N–H and O–H groups in total. The number of nitrogens with one attached hydrogen (secondary N) is 1. The molecule has 0 atom stereocenters. The van der Waals surface area contributed by atoms with Crippen LogP contribution in [0.2, 0.25) is 0 Å². The lowest BCUT2D eigenvalue weighted by molar-refractivity contribution is 0.122. The average Bonchev–Trinajstić information content (AvgIpc) is 3.33. The Labute approximate surface area is 215 Å². The van der Waals surface area contributed by atoms with E-state index in [0.29, 0.717) is 73.4 Å². The normalized spacial score (nSPS) is 20.8. The van der Waals surface area contributed by atoms with E-state index >= 15 is 0 Å². The third-order valence-electron chi connectivity index (χ3n) is 7.49. The number of alkyl halides is 2. The molecule has 2 aromatic heterocycles. The molecular weight excluding hydrogens is 480 g/mol. The molecule has 200 valence electrons. The minimum absolute atomic E-state index is 0.177. The molecule has 1 aliphatic heterocycles. The molecule has 1 saturated heterocycles. The lowest BCUT2D eigenvalue weighted by atomic mass is 9.85. The van der Waals surface area contributed by atoms with E-state index in [-0.39, 0.29) is 12.4 Å². The number of rotatable bonds is 9. The fourth-order valence-corrected chi connectivity index (χ4v) is 5.37. The van der Waals surface area contributed by atoms with Gasteiger partial charge in [-0.15, -0.1) is 0 Å². The van der Waals surface area contributed by atoms with Gasteiger partial charge in [0.1, 0.15) is 11.6 Å². The zero-order valence-electron chi connectivity index (χ0n) is 21.2. The summed E-state index contributed by atoms with van der Waals surface area (Å²) in [5.74, 6) is 1.63. The van der Waals surface area contributed by atoms with Gasteiger partial charge in [0, 0.05) is 38.3 Å². The highest BCUT2D eigenvalue weighted by molar-refractivity contribution is 5.78. The molecule has 11 heteroatoms. The summed E-state index contributed by atoms with van der Waals surface area (Å²) >= 11 is 0. The third-order valence-corrected chi connectivity index (χ3v) is 7.49. The number of likely N-dealkylation sites (N-methyl/N-ethyl adjacent to an activating group) is 1. The third kappa shape index (κ3) is 5.83. The number of aliphatic hydroxyl groups excluding tert-OH is 1. The number of ether oxygens (including phenoxy) is 1. The van der Waals surface area contributed by atoms with E-state index in [1.807, 2.05) is 6.07 Å². The summed E-state index contributed by atoms with van der Waals surface area (Å²) in [4.78, 5) is 18.0. The van der Waals surface area contributed by atoms with Crippen molar-refractivity contribution in [2.24, 2.45) is 5.92 Å². The fourth-order valence-electron chi connectivity index (χ4n) is 5.37. The summed E-state index contributed by atoms with van der Waals surface area (Å²) in [6.45, 7) is 4.12. The molecule has 1 aromatic carbocycles. The van der Waals surface area contributed by atoms with Crippen LogP contribution in [0.5, 0.6) is 0 Å². The number of morpholine rings is 1. The van der Waals surface area contributed by atoms with E-state index in [4.69, 9.17) is 9.72 Å². The van der Waals surface area contributed by atoms with Gasteiger partial charge in [-0.3, -0.25) is 4.57 Å². The van der Waals surface area contributed by atoms with Crippen molar-refractivity contribution < 1.29 is 18.6 Å².